The lowest BCUT2D eigenvalue weighted by Crippen LogP contribution is -2.16. The predicted molar refractivity (Wildman–Crippen MR) is 61.6 cm³/mol. The van der Waals surface area contributed by atoms with E-state index >= 15 is 0 Å². The number of aryl methyl sites for hydroxylation is 1. The summed E-state index contributed by atoms with van der Waals surface area (Å²) in [5, 5.41) is 12.0. The first-order chi connectivity index (χ1) is 7.34. The maximum atomic E-state index is 8.61. The van der Waals surface area contributed by atoms with Crippen molar-refractivity contribution in [1.29, 1.82) is 0 Å². The summed E-state index contributed by atoms with van der Waals surface area (Å²) in [5.74, 6) is 0. The number of pyridine rings is 1. The molecule has 0 aliphatic carbocycles. The number of aromatic nitrogens is 1. The molecule has 2 N–H and O–H groups in total. The maximum absolute atomic E-state index is 8.61. The Bertz CT molecular complexity index is 276. The predicted octanol–water partition coefficient (Wildman–Crippen LogP) is 1.64. The molecule has 0 amide bonds. The molecule has 84 valence electrons. The minimum atomic E-state index is 0.305. The normalized spacial score (nSPS) is 10.5. The molecule has 0 spiro atoms. The molecule has 0 saturated heterocycles. The van der Waals surface area contributed by atoms with E-state index in [2.05, 4.69) is 23.3 Å². The standard InChI is InChI=1S/C12H20N2O/c1-11-6-5-8-14-12(11)10-13-7-3-2-4-9-15/h5-6,8,13,15H,2-4,7,9-10H2,1H3. The third-order valence-corrected chi connectivity index (χ3v) is 2.42. The Kier molecular flexibility index (Phi) is 5.97. The largest absolute Gasteiger partial charge is 0.396 e. The van der Waals surface area contributed by atoms with Crippen LogP contribution in [0.3, 0.4) is 0 Å². The zero-order chi connectivity index (χ0) is 10.9. The molecule has 0 unspecified atom stereocenters. The van der Waals surface area contributed by atoms with Gasteiger partial charge in [0, 0.05) is 19.3 Å². The van der Waals surface area contributed by atoms with Gasteiger partial charge in [0.15, 0.2) is 0 Å². The summed E-state index contributed by atoms with van der Waals surface area (Å²) in [6, 6.07) is 4.04. The van der Waals surface area contributed by atoms with E-state index in [1.165, 1.54) is 5.56 Å². The summed E-state index contributed by atoms with van der Waals surface area (Å²) in [5.41, 5.74) is 2.36. The van der Waals surface area contributed by atoms with E-state index in [1.54, 1.807) is 0 Å². The monoisotopic (exact) mass is 208 g/mol. The second kappa shape index (κ2) is 7.37. The first-order valence-corrected chi connectivity index (χ1v) is 5.56. The van der Waals surface area contributed by atoms with Crippen LogP contribution in [0.25, 0.3) is 0 Å². The topological polar surface area (TPSA) is 45.2 Å². The van der Waals surface area contributed by atoms with Crippen LogP contribution in [0, 0.1) is 6.92 Å². The minimum Gasteiger partial charge on any atom is -0.396 e. The Morgan fingerprint density at radius 2 is 2.20 bits per heavy atom. The van der Waals surface area contributed by atoms with Crippen LogP contribution in [0.15, 0.2) is 18.3 Å². The number of hydrogen-bond donors (Lipinski definition) is 2. The van der Waals surface area contributed by atoms with Gasteiger partial charge in [-0.2, -0.15) is 0 Å². The second-order valence-electron chi connectivity index (χ2n) is 3.73. The summed E-state index contributed by atoms with van der Waals surface area (Å²) < 4.78 is 0. The van der Waals surface area contributed by atoms with Gasteiger partial charge >= 0.3 is 0 Å². The van der Waals surface area contributed by atoms with E-state index in [1.807, 2.05) is 12.3 Å². The third kappa shape index (κ3) is 4.91. The number of hydrogen-bond acceptors (Lipinski definition) is 3. The average molecular weight is 208 g/mol. The molecule has 0 bridgehead atoms. The van der Waals surface area contributed by atoms with Gasteiger partial charge in [0.05, 0.1) is 5.69 Å². The van der Waals surface area contributed by atoms with Crippen molar-refractivity contribution in [3.63, 3.8) is 0 Å². The van der Waals surface area contributed by atoms with Gasteiger partial charge in [-0.3, -0.25) is 4.98 Å². The zero-order valence-corrected chi connectivity index (χ0v) is 9.37. The summed E-state index contributed by atoms with van der Waals surface area (Å²) in [4.78, 5) is 4.31. The first kappa shape index (κ1) is 12.1. The van der Waals surface area contributed by atoms with Gasteiger partial charge in [0.1, 0.15) is 0 Å². The lowest BCUT2D eigenvalue weighted by atomic mass is 10.2. The van der Waals surface area contributed by atoms with Gasteiger partial charge in [-0.25, -0.2) is 0 Å². The molecule has 0 aromatic carbocycles. The van der Waals surface area contributed by atoms with Crippen LogP contribution in [0.4, 0.5) is 0 Å². The minimum absolute atomic E-state index is 0.305. The molecule has 0 fully saturated rings. The molecule has 3 nitrogen and oxygen atoms in total. The molecule has 0 aliphatic heterocycles. The number of unbranched alkanes of at least 4 members (excludes halogenated alkanes) is 2. The molecular weight excluding hydrogens is 188 g/mol. The van der Waals surface area contributed by atoms with Crippen molar-refractivity contribution in [3.8, 4) is 0 Å². The maximum Gasteiger partial charge on any atom is 0.0570 e. The van der Waals surface area contributed by atoms with Gasteiger partial charge in [-0.05, 0) is 44.4 Å². The Labute approximate surface area is 91.5 Å². The molecule has 3 heteroatoms. The molecule has 0 aliphatic rings. The number of nitrogens with one attached hydrogen (secondary N) is 1. The molecule has 0 saturated carbocycles. The fourth-order valence-electron chi connectivity index (χ4n) is 1.45. The van der Waals surface area contributed by atoms with Crippen molar-refractivity contribution in [1.82, 2.24) is 10.3 Å². The first-order valence-electron chi connectivity index (χ1n) is 5.56. The highest BCUT2D eigenvalue weighted by atomic mass is 16.2. The molecule has 1 aromatic heterocycles. The van der Waals surface area contributed by atoms with Crippen molar-refractivity contribution < 1.29 is 5.11 Å². The smallest absolute Gasteiger partial charge is 0.0570 e. The highest BCUT2D eigenvalue weighted by Crippen LogP contribution is 2.02. The van der Waals surface area contributed by atoms with Crippen molar-refractivity contribution in [2.75, 3.05) is 13.2 Å². The highest BCUT2D eigenvalue weighted by Gasteiger charge is 1.97. The van der Waals surface area contributed by atoms with E-state index in [9.17, 15) is 0 Å². The number of aliphatic hydroxyl groups excluding tert-OH is 1. The molecule has 15 heavy (non-hydrogen) atoms. The Morgan fingerprint density at radius 3 is 2.93 bits per heavy atom. The summed E-state index contributed by atoms with van der Waals surface area (Å²) in [6.45, 7) is 4.22. The molecular formula is C12H20N2O. The number of rotatable bonds is 7. The van der Waals surface area contributed by atoms with E-state index in [0.717, 1.165) is 38.0 Å². The van der Waals surface area contributed by atoms with Crippen LogP contribution in [-0.2, 0) is 6.54 Å². The Balaban J connectivity index is 2.12. The molecule has 1 aromatic rings. The van der Waals surface area contributed by atoms with E-state index in [0.29, 0.717) is 6.61 Å². The number of nitrogens with zero attached hydrogens (tertiary/aromatic N) is 1. The van der Waals surface area contributed by atoms with Gasteiger partial charge < -0.3 is 10.4 Å². The van der Waals surface area contributed by atoms with E-state index in [4.69, 9.17) is 5.11 Å². The molecule has 0 atom stereocenters. The number of aliphatic hydroxyl groups is 1. The van der Waals surface area contributed by atoms with Crippen LogP contribution in [0.5, 0.6) is 0 Å². The summed E-state index contributed by atoms with van der Waals surface area (Å²) >= 11 is 0. The lowest BCUT2D eigenvalue weighted by molar-refractivity contribution is 0.283. The van der Waals surface area contributed by atoms with Gasteiger partial charge in [0.2, 0.25) is 0 Å². The quantitative estimate of drug-likeness (QED) is 0.670. The molecule has 1 heterocycles. The Hall–Kier alpha value is -0.930. The fraction of sp³-hybridized carbons (Fsp3) is 0.583. The van der Waals surface area contributed by atoms with Crippen LogP contribution in [-0.4, -0.2) is 23.2 Å². The Morgan fingerprint density at radius 1 is 1.33 bits per heavy atom. The van der Waals surface area contributed by atoms with Gasteiger partial charge in [-0.1, -0.05) is 6.07 Å². The SMILES string of the molecule is Cc1cccnc1CNCCCCCO. The van der Waals surface area contributed by atoms with Crippen molar-refractivity contribution >= 4 is 0 Å². The van der Waals surface area contributed by atoms with Gasteiger partial charge in [-0.15, -0.1) is 0 Å². The third-order valence-electron chi connectivity index (χ3n) is 2.42. The van der Waals surface area contributed by atoms with Crippen LogP contribution >= 0.6 is 0 Å². The van der Waals surface area contributed by atoms with Gasteiger partial charge in [0.25, 0.3) is 0 Å². The lowest BCUT2D eigenvalue weighted by Gasteiger charge is -2.06. The van der Waals surface area contributed by atoms with Crippen LogP contribution < -0.4 is 5.32 Å². The van der Waals surface area contributed by atoms with Crippen molar-refractivity contribution in [3.05, 3.63) is 29.6 Å². The van der Waals surface area contributed by atoms with E-state index in [-0.39, 0.29) is 0 Å². The highest BCUT2D eigenvalue weighted by molar-refractivity contribution is 5.17. The van der Waals surface area contributed by atoms with E-state index < -0.39 is 0 Å². The van der Waals surface area contributed by atoms with Crippen LogP contribution in [0.1, 0.15) is 30.5 Å². The summed E-state index contributed by atoms with van der Waals surface area (Å²) in [7, 11) is 0. The molecule has 1 rings (SSSR count). The summed E-state index contributed by atoms with van der Waals surface area (Å²) in [6.07, 6.45) is 4.94. The zero-order valence-electron chi connectivity index (χ0n) is 9.37. The van der Waals surface area contributed by atoms with Crippen molar-refractivity contribution in [2.24, 2.45) is 0 Å². The average Bonchev–Trinajstić information content (AvgIpc) is 2.25. The van der Waals surface area contributed by atoms with Crippen molar-refractivity contribution in [2.45, 2.75) is 32.7 Å². The fourth-order valence-corrected chi connectivity index (χ4v) is 1.45. The van der Waals surface area contributed by atoms with Crippen LogP contribution in [0.2, 0.25) is 0 Å². The second-order valence-corrected chi connectivity index (χ2v) is 3.73. The molecule has 0 radical (unpaired) electrons.